The molecule has 1 aromatic carbocycles. The van der Waals surface area contributed by atoms with Gasteiger partial charge in [-0.2, -0.15) is 0 Å². The van der Waals surface area contributed by atoms with Gasteiger partial charge in [-0.1, -0.05) is 31.0 Å². The van der Waals surface area contributed by atoms with Gasteiger partial charge in [-0.05, 0) is 50.4 Å². The first-order valence-corrected chi connectivity index (χ1v) is 9.00. The van der Waals surface area contributed by atoms with Crippen molar-refractivity contribution in [3.63, 3.8) is 0 Å². The number of hydrogen-bond donors (Lipinski definition) is 1. The van der Waals surface area contributed by atoms with E-state index in [1.807, 2.05) is 36.2 Å². The van der Waals surface area contributed by atoms with Crippen molar-refractivity contribution in [1.29, 1.82) is 0 Å². The van der Waals surface area contributed by atoms with Crippen LogP contribution in [0.25, 0.3) is 0 Å². The molecule has 1 amide bonds. The van der Waals surface area contributed by atoms with Gasteiger partial charge in [0.05, 0.1) is 6.42 Å². The quantitative estimate of drug-likeness (QED) is 0.869. The summed E-state index contributed by atoms with van der Waals surface area (Å²) in [7, 11) is 1.99. The molecule has 2 atom stereocenters. The largest absolute Gasteiger partial charge is 0.398 e. The number of nitrogens with zero attached hydrogens (tertiary/aromatic N) is 2. The monoisotopic (exact) mass is 315 g/mol. The topological polar surface area (TPSA) is 49.6 Å². The summed E-state index contributed by atoms with van der Waals surface area (Å²) in [4.78, 5) is 17.4. The molecular formula is C19H29N3O. The second-order valence-electron chi connectivity index (χ2n) is 7.04. The van der Waals surface area contributed by atoms with Crippen LogP contribution in [0.2, 0.25) is 0 Å². The molecule has 1 aliphatic carbocycles. The van der Waals surface area contributed by atoms with Crippen molar-refractivity contribution in [2.75, 3.05) is 25.9 Å². The Bertz CT molecular complexity index is 539. The molecule has 126 valence electrons. The Kier molecular flexibility index (Phi) is 5.21. The van der Waals surface area contributed by atoms with Crippen LogP contribution < -0.4 is 5.73 Å². The van der Waals surface area contributed by atoms with Crippen LogP contribution in [0.4, 0.5) is 5.69 Å². The zero-order valence-electron chi connectivity index (χ0n) is 14.2. The Balaban J connectivity index is 1.68. The first kappa shape index (κ1) is 16.3. The maximum absolute atomic E-state index is 12.8. The van der Waals surface area contributed by atoms with Gasteiger partial charge in [-0.25, -0.2) is 0 Å². The van der Waals surface area contributed by atoms with E-state index in [4.69, 9.17) is 5.73 Å². The van der Waals surface area contributed by atoms with Crippen molar-refractivity contribution < 1.29 is 4.79 Å². The van der Waals surface area contributed by atoms with Crippen LogP contribution in [0.5, 0.6) is 0 Å². The van der Waals surface area contributed by atoms with E-state index in [0.29, 0.717) is 24.2 Å². The Morgan fingerprint density at radius 1 is 1.17 bits per heavy atom. The Morgan fingerprint density at radius 3 is 2.61 bits per heavy atom. The number of anilines is 1. The van der Waals surface area contributed by atoms with Gasteiger partial charge in [0.25, 0.3) is 0 Å². The van der Waals surface area contributed by atoms with Crippen molar-refractivity contribution in [3.8, 4) is 0 Å². The highest BCUT2D eigenvalue weighted by atomic mass is 16.2. The molecule has 23 heavy (non-hydrogen) atoms. The number of likely N-dealkylation sites (tertiary alicyclic amines) is 1. The second-order valence-corrected chi connectivity index (χ2v) is 7.04. The van der Waals surface area contributed by atoms with Crippen LogP contribution >= 0.6 is 0 Å². The average molecular weight is 315 g/mol. The molecule has 0 spiro atoms. The lowest BCUT2D eigenvalue weighted by Crippen LogP contribution is -2.53. The van der Waals surface area contributed by atoms with Crippen LogP contribution in [0.3, 0.4) is 0 Å². The number of carbonyl (C=O) groups is 1. The smallest absolute Gasteiger partial charge is 0.227 e. The van der Waals surface area contributed by atoms with E-state index in [1.54, 1.807) is 0 Å². The predicted molar refractivity (Wildman–Crippen MR) is 94.2 cm³/mol. The molecule has 2 fully saturated rings. The lowest BCUT2D eigenvalue weighted by atomic mass is 9.88. The summed E-state index contributed by atoms with van der Waals surface area (Å²) in [5.74, 6) is 0.194. The number of carbonyl (C=O) groups excluding carboxylic acids is 1. The number of rotatable bonds is 4. The highest BCUT2D eigenvalue weighted by Crippen LogP contribution is 2.29. The highest BCUT2D eigenvalue weighted by molar-refractivity contribution is 5.80. The third-order valence-corrected chi connectivity index (χ3v) is 5.59. The zero-order chi connectivity index (χ0) is 16.2. The van der Waals surface area contributed by atoms with Gasteiger partial charge in [0.15, 0.2) is 0 Å². The minimum Gasteiger partial charge on any atom is -0.398 e. The van der Waals surface area contributed by atoms with Gasteiger partial charge in [-0.3, -0.25) is 9.69 Å². The van der Waals surface area contributed by atoms with Gasteiger partial charge in [0.1, 0.15) is 0 Å². The van der Waals surface area contributed by atoms with Crippen LogP contribution in [-0.4, -0.2) is 47.9 Å². The number of amides is 1. The Morgan fingerprint density at radius 2 is 1.87 bits per heavy atom. The molecule has 4 nitrogen and oxygen atoms in total. The van der Waals surface area contributed by atoms with E-state index in [2.05, 4.69) is 4.90 Å². The van der Waals surface area contributed by atoms with Crippen molar-refractivity contribution in [1.82, 2.24) is 9.80 Å². The van der Waals surface area contributed by atoms with Crippen molar-refractivity contribution in [2.45, 2.75) is 57.0 Å². The summed E-state index contributed by atoms with van der Waals surface area (Å²) in [6.07, 6.45) is 7.92. The third-order valence-electron chi connectivity index (χ3n) is 5.59. The fourth-order valence-electron chi connectivity index (χ4n) is 4.21. The van der Waals surface area contributed by atoms with Gasteiger partial charge >= 0.3 is 0 Å². The molecule has 4 heteroatoms. The summed E-state index contributed by atoms with van der Waals surface area (Å²) < 4.78 is 0. The van der Waals surface area contributed by atoms with Gasteiger partial charge in [0.2, 0.25) is 5.91 Å². The number of nitrogens with two attached hydrogens (primary N) is 1. The fraction of sp³-hybridized carbons (Fsp3) is 0.632. The van der Waals surface area contributed by atoms with Gasteiger partial charge in [-0.15, -0.1) is 0 Å². The van der Waals surface area contributed by atoms with Gasteiger partial charge < -0.3 is 10.6 Å². The van der Waals surface area contributed by atoms with Crippen LogP contribution in [0, 0.1) is 0 Å². The van der Waals surface area contributed by atoms with Crippen molar-refractivity contribution in [2.24, 2.45) is 0 Å². The minimum atomic E-state index is 0.194. The van der Waals surface area contributed by atoms with Crippen LogP contribution in [-0.2, 0) is 11.2 Å². The molecule has 1 aromatic rings. The normalized spacial score (nSPS) is 25.4. The molecule has 2 aliphatic rings. The molecular weight excluding hydrogens is 286 g/mol. The number of nitrogen functional groups attached to an aromatic ring is 1. The molecule has 1 saturated carbocycles. The number of benzene rings is 1. The minimum absolute atomic E-state index is 0.194. The Hall–Kier alpha value is -1.55. The van der Waals surface area contributed by atoms with Crippen LogP contribution in [0.1, 0.15) is 44.1 Å². The second kappa shape index (κ2) is 7.35. The number of likely N-dealkylation sites (N-methyl/N-ethyl adjacent to an activating group) is 1. The van der Waals surface area contributed by atoms with Crippen molar-refractivity contribution >= 4 is 11.6 Å². The fourth-order valence-corrected chi connectivity index (χ4v) is 4.21. The third kappa shape index (κ3) is 3.69. The molecule has 0 aromatic heterocycles. The summed E-state index contributed by atoms with van der Waals surface area (Å²) in [5.41, 5.74) is 7.65. The number of hydrogen-bond acceptors (Lipinski definition) is 3. The van der Waals surface area contributed by atoms with E-state index < -0.39 is 0 Å². The molecule has 0 radical (unpaired) electrons. The molecule has 0 bridgehead atoms. The summed E-state index contributed by atoms with van der Waals surface area (Å²) >= 11 is 0. The molecule has 3 rings (SSSR count). The van der Waals surface area contributed by atoms with Crippen molar-refractivity contribution in [3.05, 3.63) is 29.8 Å². The van der Waals surface area contributed by atoms with E-state index in [-0.39, 0.29) is 5.91 Å². The molecule has 1 heterocycles. The predicted octanol–water partition coefficient (Wildman–Crippen LogP) is 2.68. The van der Waals surface area contributed by atoms with Gasteiger partial charge in [0, 0.05) is 24.8 Å². The highest BCUT2D eigenvalue weighted by Gasteiger charge is 2.35. The lowest BCUT2D eigenvalue weighted by molar-refractivity contribution is -0.133. The van der Waals surface area contributed by atoms with Crippen LogP contribution in [0.15, 0.2) is 24.3 Å². The van der Waals surface area contributed by atoms with E-state index in [9.17, 15) is 4.79 Å². The average Bonchev–Trinajstić information content (AvgIpc) is 3.10. The summed E-state index contributed by atoms with van der Waals surface area (Å²) in [6.45, 7) is 2.41. The maximum atomic E-state index is 12.8. The van der Waals surface area contributed by atoms with E-state index in [0.717, 1.165) is 12.0 Å². The van der Waals surface area contributed by atoms with E-state index in [1.165, 1.54) is 45.2 Å². The summed E-state index contributed by atoms with van der Waals surface area (Å²) in [5, 5.41) is 0. The molecule has 0 unspecified atom stereocenters. The standard InChI is InChI=1S/C19H29N3O/c1-21(19(23)14-15-8-2-3-9-16(15)20)17-10-4-5-11-18(17)22-12-6-7-13-22/h2-3,8-9,17-18H,4-7,10-14,20H2,1H3/t17-,18-/m1/s1. The first-order valence-electron chi connectivity index (χ1n) is 9.00. The SMILES string of the molecule is CN(C(=O)Cc1ccccc1N)[C@@H]1CCCC[C@H]1N1CCCC1. The molecule has 1 aliphatic heterocycles. The Labute approximate surface area is 139 Å². The number of para-hydroxylation sites is 1. The summed E-state index contributed by atoms with van der Waals surface area (Å²) in [6, 6.07) is 8.60. The molecule has 2 N–H and O–H groups in total. The molecule has 1 saturated heterocycles. The maximum Gasteiger partial charge on any atom is 0.227 e. The van der Waals surface area contributed by atoms with E-state index >= 15 is 0 Å². The lowest BCUT2D eigenvalue weighted by Gasteiger charge is -2.42. The first-order chi connectivity index (χ1) is 11.2. The zero-order valence-corrected chi connectivity index (χ0v) is 14.2.